The topological polar surface area (TPSA) is 114 Å². The highest BCUT2D eigenvalue weighted by molar-refractivity contribution is 7.91. The molecule has 2 saturated heterocycles. The number of hydrogen-bond acceptors (Lipinski definition) is 8. The van der Waals surface area contributed by atoms with Crippen LogP contribution in [0.25, 0.3) is 27.7 Å². The molecular weight excluding hydrogens is 496 g/mol. The van der Waals surface area contributed by atoms with Crippen molar-refractivity contribution in [2.24, 2.45) is 10.7 Å². The number of piperidine rings is 1. The molecule has 0 atom stereocenters. The van der Waals surface area contributed by atoms with Crippen LogP contribution in [-0.2, 0) is 16.4 Å². The van der Waals surface area contributed by atoms with E-state index in [0.717, 1.165) is 77.2 Å². The Labute approximate surface area is 225 Å². The first-order valence-corrected chi connectivity index (χ1v) is 15.1. The van der Waals surface area contributed by atoms with Crippen LogP contribution >= 0.6 is 0 Å². The monoisotopic (exact) mass is 532 g/mol. The molecule has 0 spiro atoms. The lowest BCUT2D eigenvalue weighted by molar-refractivity contribution is 0.287. The van der Waals surface area contributed by atoms with E-state index in [1.54, 1.807) is 6.20 Å². The second-order valence-corrected chi connectivity index (χ2v) is 12.6. The Kier molecular flexibility index (Phi) is 7.88. The summed E-state index contributed by atoms with van der Waals surface area (Å²) in [6.07, 6.45) is 3.84. The van der Waals surface area contributed by atoms with E-state index in [9.17, 15) is 8.42 Å². The lowest BCUT2D eigenvalue weighted by Gasteiger charge is -2.26. The third-order valence-corrected chi connectivity index (χ3v) is 8.99. The van der Waals surface area contributed by atoms with Crippen LogP contribution in [0, 0.1) is 0 Å². The second kappa shape index (κ2) is 11.3. The highest BCUT2D eigenvalue weighted by Gasteiger charge is 2.21. The minimum atomic E-state index is -2.88. The number of allylic oxidation sites excluding steroid dienone is 2. The average molecular weight is 533 g/mol. The maximum Gasteiger partial charge on any atom is 0.152 e. The number of nitrogens with two attached hydrogens (primary N) is 1. The van der Waals surface area contributed by atoms with E-state index in [1.165, 1.54) is 0 Å². The van der Waals surface area contributed by atoms with E-state index >= 15 is 0 Å². The van der Waals surface area contributed by atoms with Gasteiger partial charge in [0.15, 0.2) is 9.84 Å². The van der Waals surface area contributed by atoms with Gasteiger partial charge < -0.3 is 11.1 Å². The van der Waals surface area contributed by atoms with Gasteiger partial charge in [-0.05, 0) is 57.0 Å². The Bertz CT molecular complexity index is 1460. The molecule has 0 amide bonds. The van der Waals surface area contributed by atoms with Crippen LogP contribution in [0.2, 0.25) is 0 Å². The molecule has 3 aromatic rings. The maximum absolute atomic E-state index is 11.7. The van der Waals surface area contributed by atoms with Crippen LogP contribution in [0.15, 0.2) is 59.4 Å². The number of hydrogen-bond donors (Lipinski definition) is 2. The zero-order chi connectivity index (χ0) is 26.7. The smallest absolute Gasteiger partial charge is 0.152 e. The summed E-state index contributed by atoms with van der Waals surface area (Å²) in [5, 5.41) is 3.39. The fraction of sp³-hybridized carbons (Fsp3) is 0.414. The highest BCUT2D eigenvalue weighted by Crippen LogP contribution is 2.29. The van der Waals surface area contributed by atoms with E-state index in [2.05, 4.69) is 40.5 Å². The first-order chi connectivity index (χ1) is 18.3. The van der Waals surface area contributed by atoms with Crippen molar-refractivity contribution < 1.29 is 8.42 Å². The van der Waals surface area contributed by atoms with Crippen LogP contribution < -0.4 is 11.1 Å². The number of para-hydroxylation sites is 1. The van der Waals surface area contributed by atoms with Crippen molar-refractivity contribution in [3.63, 3.8) is 0 Å². The first kappa shape index (κ1) is 26.5. The summed E-state index contributed by atoms with van der Waals surface area (Å²) in [4.78, 5) is 17.0. The molecule has 8 nitrogen and oxygen atoms in total. The number of benzene rings is 2. The summed E-state index contributed by atoms with van der Waals surface area (Å²) in [5.41, 5.74) is 14.4. The van der Waals surface area contributed by atoms with Crippen molar-refractivity contribution in [3.05, 3.63) is 65.6 Å². The molecule has 2 aliphatic rings. The number of nitrogens with zero attached hydrogens (tertiary/aromatic N) is 4. The lowest BCUT2D eigenvalue weighted by Crippen LogP contribution is -2.39. The number of sulfone groups is 1. The van der Waals surface area contributed by atoms with Gasteiger partial charge in [-0.25, -0.2) is 13.4 Å². The average Bonchev–Trinajstić information content (AvgIpc) is 2.90. The summed E-state index contributed by atoms with van der Waals surface area (Å²) >= 11 is 0. The van der Waals surface area contributed by atoms with Crippen LogP contribution in [0.1, 0.15) is 37.9 Å². The largest absolute Gasteiger partial charge is 0.402 e. The maximum atomic E-state index is 11.7. The Morgan fingerprint density at radius 1 is 1.08 bits per heavy atom. The van der Waals surface area contributed by atoms with Gasteiger partial charge in [0.2, 0.25) is 0 Å². The summed E-state index contributed by atoms with van der Waals surface area (Å²) < 4.78 is 23.5. The number of nitrogens with one attached hydrogen (secondary N) is 1. The molecule has 2 aliphatic heterocycles. The van der Waals surface area contributed by atoms with Crippen molar-refractivity contribution >= 4 is 32.2 Å². The zero-order valence-electron chi connectivity index (χ0n) is 22.2. The molecule has 2 aromatic carbocycles. The standard InChI is InChI=1S/C29H36N6O2S/c1-20(30)28(21(2)33-24-10-12-31-13-11-24)27-18-32-26-5-3-4-25(29(26)34-27)23-8-6-22(7-9-23)19-35-14-16-38(36,37)17-15-35/h3-9,18,24,31H,10-17,19,30H2,1-2H3. The van der Waals surface area contributed by atoms with E-state index < -0.39 is 9.84 Å². The minimum absolute atomic E-state index is 0.239. The molecule has 5 rings (SSSR count). The van der Waals surface area contributed by atoms with Gasteiger partial charge in [-0.2, -0.15) is 0 Å². The normalized spacial score (nSPS) is 19.9. The number of rotatable bonds is 6. The summed E-state index contributed by atoms with van der Waals surface area (Å²) in [6.45, 7) is 7.80. The van der Waals surface area contributed by atoms with E-state index in [1.807, 2.05) is 26.0 Å². The van der Waals surface area contributed by atoms with Gasteiger partial charge in [0.05, 0.1) is 40.5 Å². The molecule has 0 aliphatic carbocycles. The Hall–Kier alpha value is -3.14. The Morgan fingerprint density at radius 3 is 2.47 bits per heavy atom. The molecule has 1 aromatic heterocycles. The summed E-state index contributed by atoms with van der Waals surface area (Å²) in [5.74, 6) is 0.478. The van der Waals surface area contributed by atoms with Gasteiger partial charge >= 0.3 is 0 Å². The van der Waals surface area contributed by atoms with Crippen molar-refractivity contribution in [2.45, 2.75) is 39.3 Å². The van der Waals surface area contributed by atoms with E-state index in [0.29, 0.717) is 24.8 Å². The molecule has 3 N–H and O–H groups in total. The van der Waals surface area contributed by atoms with Gasteiger partial charge in [-0.15, -0.1) is 0 Å². The predicted molar refractivity (Wildman–Crippen MR) is 155 cm³/mol. The number of aromatic nitrogens is 2. The van der Waals surface area contributed by atoms with Crippen molar-refractivity contribution in [1.82, 2.24) is 20.2 Å². The van der Waals surface area contributed by atoms with Crippen molar-refractivity contribution in [1.29, 1.82) is 0 Å². The van der Waals surface area contributed by atoms with Gasteiger partial charge in [0, 0.05) is 42.2 Å². The SMILES string of the molecule is CC(=NC1CCNCC1)C(=C(C)N)c1cnc2cccc(-c3ccc(CN4CCS(=O)(=O)CC4)cc3)c2n1. The van der Waals surface area contributed by atoms with E-state index in [4.69, 9.17) is 20.7 Å². The highest BCUT2D eigenvalue weighted by atomic mass is 32.2. The number of aliphatic imine (C=N–C) groups is 1. The summed E-state index contributed by atoms with van der Waals surface area (Å²) in [6, 6.07) is 14.8. The van der Waals surface area contributed by atoms with Crippen LogP contribution in [0.5, 0.6) is 0 Å². The van der Waals surface area contributed by atoms with Crippen LogP contribution in [0.3, 0.4) is 0 Å². The van der Waals surface area contributed by atoms with Gasteiger partial charge in [0.25, 0.3) is 0 Å². The molecular formula is C29H36N6O2S. The molecule has 0 bridgehead atoms. The molecule has 200 valence electrons. The fourth-order valence-corrected chi connectivity index (χ4v) is 6.57. The molecule has 0 saturated carbocycles. The summed E-state index contributed by atoms with van der Waals surface area (Å²) in [7, 11) is -2.88. The molecule has 0 radical (unpaired) electrons. The van der Waals surface area contributed by atoms with Crippen LogP contribution in [0.4, 0.5) is 0 Å². The molecule has 9 heteroatoms. The third-order valence-electron chi connectivity index (χ3n) is 7.38. The lowest BCUT2D eigenvalue weighted by atomic mass is 10.0. The number of fused-ring (bicyclic) bond motifs is 1. The molecule has 38 heavy (non-hydrogen) atoms. The third kappa shape index (κ3) is 6.11. The molecule has 0 unspecified atom stereocenters. The zero-order valence-corrected chi connectivity index (χ0v) is 23.0. The Morgan fingerprint density at radius 2 is 1.79 bits per heavy atom. The van der Waals surface area contributed by atoms with Crippen molar-refractivity contribution in [2.75, 3.05) is 37.7 Å². The first-order valence-electron chi connectivity index (χ1n) is 13.3. The van der Waals surface area contributed by atoms with Crippen molar-refractivity contribution in [3.8, 4) is 11.1 Å². The predicted octanol–water partition coefficient (Wildman–Crippen LogP) is 3.43. The second-order valence-electron chi connectivity index (χ2n) is 10.3. The van der Waals surface area contributed by atoms with Gasteiger partial charge in [0.1, 0.15) is 0 Å². The Balaban J connectivity index is 1.42. The fourth-order valence-electron chi connectivity index (χ4n) is 5.29. The molecule has 2 fully saturated rings. The van der Waals surface area contributed by atoms with Gasteiger partial charge in [-0.3, -0.25) is 14.9 Å². The van der Waals surface area contributed by atoms with Gasteiger partial charge in [-0.1, -0.05) is 36.4 Å². The minimum Gasteiger partial charge on any atom is -0.402 e. The molecule has 3 heterocycles. The quantitative estimate of drug-likeness (QED) is 0.468. The van der Waals surface area contributed by atoms with E-state index in [-0.39, 0.29) is 11.5 Å². The van der Waals surface area contributed by atoms with Crippen LogP contribution in [-0.4, -0.2) is 72.7 Å².